The molecule has 5 nitrogen and oxygen atoms in total. The van der Waals surface area contributed by atoms with Gasteiger partial charge in [-0.15, -0.1) is 35.9 Å². The molecule has 0 amide bonds. The quantitative estimate of drug-likeness (QED) is 0.156. The number of fused-ring (bicyclic) bond motifs is 7. The number of pyridine rings is 1. The third-order valence-corrected chi connectivity index (χ3v) is 11.6. The largest absolute Gasteiger partial charge is 2.00 e. The van der Waals surface area contributed by atoms with E-state index in [1.54, 1.807) is 18.2 Å². The second-order valence-corrected chi connectivity index (χ2v) is 15.2. The van der Waals surface area contributed by atoms with Crippen LogP contribution in [-0.2, 0) is 21.1 Å². The van der Waals surface area contributed by atoms with Crippen LogP contribution in [0.3, 0.4) is 0 Å². The zero-order valence-electron chi connectivity index (χ0n) is 38.8. The molecule has 0 aliphatic rings. The standard InChI is InChI=1S/C56H36N4O.Pt/c1-35-29-30-57-48(31-35)46-34-40(33-45-44-27-25-36(2)53(55(44)61-54(45)46)38-17-7-4-8-18-38)59-50-23-13-10-20-42(50)43-28-26-39(32-52(43)59)56-58-47-21-11-14-24-51(47)60(56)49-22-12-9-19-41(49)37-15-5-3-6-16-37;/h3-31,33H,1-2H3;/q-2;+2/i1D3,2D3;. The predicted molar refractivity (Wildman–Crippen MR) is 249 cm³/mol. The van der Waals surface area contributed by atoms with E-state index in [9.17, 15) is 0 Å². The maximum atomic E-state index is 8.55. The van der Waals surface area contributed by atoms with Crippen LogP contribution in [0.5, 0.6) is 0 Å². The molecule has 0 saturated carbocycles. The number of aryl methyl sites for hydroxylation is 2. The van der Waals surface area contributed by atoms with E-state index in [-0.39, 0.29) is 32.2 Å². The van der Waals surface area contributed by atoms with Gasteiger partial charge in [0.15, 0.2) is 0 Å². The Balaban J connectivity index is 0.00000507. The minimum Gasteiger partial charge on any atom is -0.500 e. The van der Waals surface area contributed by atoms with E-state index >= 15 is 0 Å². The number of aromatic nitrogens is 4. The number of furan rings is 1. The van der Waals surface area contributed by atoms with Crippen LogP contribution in [0.4, 0.5) is 0 Å². The molecular formula is C56H36N4OPt. The fourth-order valence-electron chi connectivity index (χ4n) is 8.88. The average molecular weight is 982 g/mol. The molecule has 296 valence electrons. The van der Waals surface area contributed by atoms with E-state index in [1.165, 1.54) is 12.3 Å². The summed E-state index contributed by atoms with van der Waals surface area (Å²) in [6, 6.07) is 64.5. The van der Waals surface area contributed by atoms with Crippen molar-refractivity contribution in [3.63, 3.8) is 0 Å². The fourth-order valence-corrected chi connectivity index (χ4v) is 8.88. The molecule has 4 heterocycles. The van der Waals surface area contributed by atoms with Gasteiger partial charge in [0.1, 0.15) is 5.58 Å². The molecule has 0 spiro atoms. The van der Waals surface area contributed by atoms with Crippen LogP contribution < -0.4 is 0 Å². The number of hydrogen-bond acceptors (Lipinski definition) is 3. The summed E-state index contributed by atoms with van der Waals surface area (Å²) >= 11 is 0. The van der Waals surface area contributed by atoms with Gasteiger partial charge in [-0.1, -0.05) is 149 Å². The Labute approximate surface area is 381 Å². The molecule has 0 fully saturated rings. The average Bonchev–Trinajstić information content (AvgIpc) is 4.03. The molecule has 0 bridgehead atoms. The minimum atomic E-state index is -2.45. The molecule has 0 N–H and O–H groups in total. The summed E-state index contributed by atoms with van der Waals surface area (Å²) in [5, 5.41) is 3.30. The Morgan fingerprint density at radius 1 is 0.581 bits per heavy atom. The van der Waals surface area contributed by atoms with Gasteiger partial charge in [-0.25, -0.2) is 0 Å². The SMILES string of the molecule is [2H]C([2H])([2H])c1ccnc(-c2[c-]c(-n3c4[c-]c(-c5nc6ccccc6n5-c5ccccc5-c5ccccc5)ccc4c4ccccc43)cc3c2oc2c(-c4ccccc4)c(C([2H])([2H])[2H])ccc23)c1.[Pt+2]. The van der Waals surface area contributed by atoms with Crippen LogP contribution in [-0.4, -0.2) is 19.1 Å². The van der Waals surface area contributed by atoms with E-state index in [2.05, 4.69) is 81.9 Å². The zero-order valence-corrected chi connectivity index (χ0v) is 35.1. The van der Waals surface area contributed by atoms with Crippen molar-refractivity contribution in [1.82, 2.24) is 19.1 Å². The molecule has 0 radical (unpaired) electrons. The van der Waals surface area contributed by atoms with E-state index in [0.717, 1.165) is 55.2 Å². The number of nitrogens with zero attached hydrogens (tertiary/aromatic N) is 4. The van der Waals surface area contributed by atoms with Crippen molar-refractivity contribution in [3.05, 3.63) is 205 Å². The summed E-state index contributed by atoms with van der Waals surface area (Å²) in [6.45, 7) is -4.86. The van der Waals surface area contributed by atoms with Crippen LogP contribution in [0.1, 0.15) is 19.4 Å². The van der Waals surface area contributed by atoms with Crippen LogP contribution in [0.2, 0.25) is 0 Å². The number of para-hydroxylation sites is 4. The second-order valence-electron chi connectivity index (χ2n) is 15.2. The van der Waals surface area contributed by atoms with Gasteiger partial charge in [-0.05, 0) is 83.0 Å². The van der Waals surface area contributed by atoms with Gasteiger partial charge in [0.2, 0.25) is 0 Å². The van der Waals surface area contributed by atoms with E-state index in [4.69, 9.17) is 22.6 Å². The molecular weight excluding hydrogens is 940 g/mol. The van der Waals surface area contributed by atoms with Crippen molar-refractivity contribution >= 4 is 54.8 Å². The van der Waals surface area contributed by atoms with Gasteiger partial charge in [-0.2, -0.15) is 0 Å². The van der Waals surface area contributed by atoms with Crippen molar-refractivity contribution in [1.29, 1.82) is 0 Å². The number of imidazole rings is 1. The molecule has 0 atom stereocenters. The third-order valence-electron chi connectivity index (χ3n) is 11.6. The molecule has 0 saturated heterocycles. The van der Waals surface area contributed by atoms with Crippen LogP contribution in [0, 0.1) is 25.8 Å². The van der Waals surface area contributed by atoms with Gasteiger partial charge >= 0.3 is 21.1 Å². The van der Waals surface area contributed by atoms with Crippen LogP contribution >= 0.6 is 0 Å². The maximum Gasteiger partial charge on any atom is 2.00 e. The molecule has 0 aliphatic carbocycles. The van der Waals surface area contributed by atoms with Crippen molar-refractivity contribution in [2.75, 3.05) is 0 Å². The predicted octanol–water partition coefficient (Wildman–Crippen LogP) is 14.3. The molecule has 62 heavy (non-hydrogen) atoms. The molecule has 0 unspecified atom stereocenters. The Morgan fingerprint density at radius 2 is 1.32 bits per heavy atom. The molecule has 8 aromatic carbocycles. The summed E-state index contributed by atoms with van der Waals surface area (Å²) in [4.78, 5) is 9.98. The number of benzene rings is 8. The molecule has 4 aromatic heterocycles. The van der Waals surface area contributed by atoms with Gasteiger partial charge < -0.3 is 18.5 Å². The number of rotatable bonds is 6. The third kappa shape index (κ3) is 5.95. The first kappa shape index (κ1) is 31.5. The maximum absolute atomic E-state index is 8.55. The van der Waals surface area contributed by atoms with Gasteiger partial charge in [-0.3, -0.25) is 4.98 Å². The second kappa shape index (κ2) is 15.0. The van der Waals surface area contributed by atoms with E-state index in [1.807, 2.05) is 91.0 Å². The van der Waals surface area contributed by atoms with Crippen LogP contribution in [0.15, 0.2) is 187 Å². The Hall–Kier alpha value is -7.33. The summed E-state index contributed by atoms with van der Waals surface area (Å²) in [7, 11) is 0. The summed E-state index contributed by atoms with van der Waals surface area (Å²) < 4.78 is 61.6. The van der Waals surface area contributed by atoms with Crippen molar-refractivity contribution in [3.8, 4) is 56.3 Å². The Morgan fingerprint density at radius 3 is 2.16 bits per heavy atom. The fraction of sp³-hybridized carbons (Fsp3) is 0.0357. The first-order chi connectivity index (χ1) is 32.5. The van der Waals surface area contributed by atoms with Crippen molar-refractivity contribution < 1.29 is 33.7 Å². The number of hydrogen-bond donors (Lipinski definition) is 0. The monoisotopic (exact) mass is 981 g/mol. The molecule has 0 aliphatic heterocycles. The summed E-state index contributed by atoms with van der Waals surface area (Å²) in [5.74, 6) is 0.716. The van der Waals surface area contributed by atoms with Crippen molar-refractivity contribution in [2.24, 2.45) is 0 Å². The van der Waals surface area contributed by atoms with E-state index < -0.39 is 13.7 Å². The summed E-state index contributed by atoms with van der Waals surface area (Å²) in [6.07, 6.45) is 1.48. The summed E-state index contributed by atoms with van der Waals surface area (Å²) in [5.41, 5.74) is 10.9. The smallest absolute Gasteiger partial charge is 0.500 e. The van der Waals surface area contributed by atoms with Gasteiger partial charge in [0.05, 0.1) is 22.4 Å². The van der Waals surface area contributed by atoms with E-state index in [0.29, 0.717) is 55.8 Å². The van der Waals surface area contributed by atoms with Crippen molar-refractivity contribution in [2.45, 2.75) is 13.7 Å². The molecule has 12 rings (SSSR count). The van der Waals surface area contributed by atoms with Crippen LogP contribution in [0.25, 0.3) is 111 Å². The van der Waals surface area contributed by atoms with Gasteiger partial charge in [0.25, 0.3) is 0 Å². The minimum absolute atomic E-state index is 0. The molecule has 12 aromatic rings. The van der Waals surface area contributed by atoms with Gasteiger partial charge in [0, 0.05) is 42.1 Å². The first-order valence-corrected chi connectivity index (χ1v) is 20.1. The molecule has 6 heteroatoms. The Kier molecular flexibility index (Phi) is 7.62. The zero-order chi connectivity index (χ0) is 45.6. The normalized spacial score (nSPS) is 13.4. The topological polar surface area (TPSA) is 48.8 Å². The Bertz CT molecular complexity index is 3910. The first-order valence-electron chi connectivity index (χ1n) is 23.1.